The molecule has 0 unspecified atom stereocenters. The second-order valence-corrected chi connectivity index (χ2v) is 23.2. The van der Waals surface area contributed by atoms with E-state index >= 15 is 0 Å². The summed E-state index contributed by atoms with van der Waals surface area (Å²) in [6, 6.07) is 29.1. The van der Waals surface area contributed by atoms with Gasteiger partial charge >= 0.3 is 11.9 Å². The first-order chi connectivity index (χ1) is 32.9. The molecule has 4 aromatic carbocycles. The fourth-order valence-corrected chi connectivity index (χ4v) is 8.90. The van der Waals surface area contributed by atoms with Gasteiger partial charge in [0.25, 0.3) is 0 Å². The number of halogens is 2. The van der Waals surface area contributed by atoms with Gasteiger partial charge in [0.05, 0.1) is 11.4 Å². The fraction of sp³-hybridized carbons (Fsp3) is 0.400. The Morgan fingerprint density at radius 2 is 0.686 bits per heavy atom. The molecule has 0 N–H and O–H groups in total. The number of aromatic nitrogens is 2. The highest BCUT2D eigenvalue weighted by molar-refractivity contribution is 6.27. The molecule has 0 fully saturated rings. The molecule has 10 heteroatoms. The molecule has 0 aliphatic heterocycles. The van der Waals surface area contributed by atoms with Gasteiger partial charge in [-0.15, -0.1) is 23.2 Å². The largest absolute Gasteiger partial charge is 0.487 e. The molecule has 7 rings (SSSR count). The van der Waals surface area contributed by atoms with Crippen LogP contribution in [-0.4, -0.2) is 33.7 Å². The third-order valence-corrected chi connectivity index (χ3v) is 13.2. The molecule has 0 saturated heterocycles. The topological polar surface area (TPSA) is 96.8 Å². The predicted octanol–water partition coefficient (Wildman–Crippen LogP) is 13.8. The van der Waals surface area contributed by atoms with Crippen molar-refractivity contribution < 1.29 is 28.5 Å². The van der Waals surface area contributed by atoms with Crippen LogP contribution in [0.2, 0.25) is 0 Å². The number of carbonyl (C=O) groups is 2. The molecule has 2 aromatic heterocycles. The molecular formula is C60H68Cl2N2O6. The van der Waals surface area contributed by atoms with Crippen LogP contribution < -0.4 is 18.9 Å². The highest BCUT2D eigenvalue weighted by Crippen LogP contribution is 2.45. The summed E-state index contributed by atoms with van der Waals surface area (Å²) in [5.41, 5.74) is 11.5. The van der Waals surface area contributed by atoms with Gasteiger partial charge in [-0.05, 0) is 90.4 Å². The molecule has 1 aliphatic rings. The minimum Gasteiger partial charge on any atom is -0.487 e. The van der Waals surface area contributed by atoms with E-state index in [1.165, 1.54) is 0 Å². The number of ether oxygens (including phenoxy) is 4. The van der Waals surface area contributed by atoms with Gasteiger partial charge in [0, 0.05) is 60.3 Å². The summed E-state index contributed by atoms with van der Waals surface area (Å²) in [5.74, 6) is 0.498. The summed E-state index contributed by atoms with van der Waals surface area (Å²) in [5, 5.41) is 0. The quantitative estimate of drug-likeness (QED) is 0.0759. The molecule has 368 valence electrons. The summed E-state index contributed by atoms with van der Waals surface area (Å²) in [4.78, 5) is 36.4. The van der Waals surface area contributed by atoms with E-state index in [-0.39, 0.29) is 46.6 Å². The number of esters is 2. The third kappa shape index (κ3) is 12.6. The lowest BCUT2D eigenvalue weighted by Crippen LogP contribution is -2.19. The normalized spacial score (nSPS) is 13.1. The lowest BCUT2D eigenvalue weighted by atomic mass is 9.79. The van der Waals surface area contributed by atoms with E-state index in [9.17, 15) is 9.59 Å². The van der Waals surface area contributed by atoms with Crippen LogP contribution in [0.1, 0.15) is 161 Å². The van der Waals surface area contributed by atoms with Gasteiger partial charge in [0.15, 0.2) is 0 Å². The molecule has 70 heavy (non-hydrogen) atoms. The van der Waals surface area contributed by atoms with E-state index in [2.05, 4.69) is 142 Å². The van der Waals surface area contributed by atoms with Crippen molar-refractivity contribution in [3.05, 3.63) is 175 Å². The molecule has 2 heterocycles. The maximum Gasteiger partial charge on any atom is 0.326 e. The Balaban J connectivity index is 1.64. The fourth-order valence-electron chi connectivity index (χ4n) is 8.80. The number of hydrogen-bond donors (Lipinski definition) is 0. The maximum absolute atomic E-state index is 13.6. The summed E-state index contributed by atoms with van der Waals surface area (Å²) in [7, 11) is 0. The maximum atomic E-state index is 13.6. The zero-order valence-electron chi connectivity index (χ0n) is 43.0. The summed E-state index contributed by atoms with van der Waals surface area (Å²) >= 11 is 12.6. The minimum absolute atomic E-state index is 0.199. The number of pyridine rings is 2. The van der Waals surface area contributed by atoms with Gasteiger partial charge in [-0.2, -0.15) is 0 Å². The molecule has 0 spiro atoms. The Kier molecular flexibility index (Phi) is 15.6. The number of nitrogens with zero attached hydrogens (tertiary/aromatic N) is 2. The summed E-state index contributed by atoms with van der Waals surface area (Å²) in [6.45, 7) is 26.7. The number of alkyl halides is 2. The third-order valence-electron chi connectivity index (χ3n) is 12.8. The lowest BCUT2D eigenvalue weighted by Gasteiger charge is -2.29. The van der Waals surface area contributed by atoms with Crippen LogP contribution in [0.5, 0.6) is 23.0 Å². The molecule has 0 saturated carbocycles. The van der Waals surface area contributed by atoms with Crippen molar-refractivity contribution in [1.29, 1.82) is 0 Å². The Labute approximate surface area is 425 Å². The van der Waals surface area contributed by atoms with Crippen LogP contribution in [0, 0.1) is 0 Å². The van der Waals surface area contributed by atoms with Crippen molar-refractivity contribution >= 4 is 35.1 Å². The molecule has 1 aliphatic carbocycles. The van der Waals surface area contributed by atoms with Gasteiger partial charge in [-0.1, -0.05) is 144 Å². The average Bonchev–Trinajstić information content (AvgIpc) is 3.28. The first-order valence-electron chi connectivity index (χ1n) is 24.1. The number of carbonyl (C=O) groups excluding carboxylic acids is 2. The van der Waals surface area contributed by atoms with Gasteiger partial charge in [0.2, 0.25) is 0 Å². The van der Waals surface area contributed by atoms with E-state index in [4.69, 9.17) is 42.1 Å². The van der Waals surface area contributed by atoms with Crippen molar-refractivity contribution in [3.63, 3.8) is 0 Å². The van der Waals surface area contributed by atoms with Crippen molar-refractivity contribution in [2.45, 2.75) is 144 Å². The number of rotatable bonds is 10. The number of hydrogen-bond acceptors (Lipinski definition) is 8. The van der Waals surface area contributed by atoms with E-state index in [1.807, 2.05) is 36.4 Å². The zero-order chi connectivity index (χ0) is 50.8. The molecule has 0 amide bonds. The monoisotopic (exact) mass is 982 g/mol. The van der Waals surface area contributed by atoms with Crippen molar-refractivity contribution in [1.82, 2.24) is 9.97 Å². The zero-order valence-corrected chi connectivity index (χ0v) is 44.5. The van der Waals surface area contributed by atoms with Crippen molar-refractivity contribution in [2.75, 3.05) is 11.8 Å². The Morgan fingerprint density at radius 3 is 0.900 bits per heavy atom. The highest BCUT2D eigenvalue weighted by atomic mass is 35.5. The van der Waals surface area contributed by atoms with E-state index in [1.54, 1.807) is 12.4 Å². The Bertz CT molecular complexity index is 2570. The lowest BCUT2D eigenvalue weighted by molar-refractivity contribution is -0.132. The van der Waals surface area contributed by atoms with Crippen LogP contribution in [0.25, 0.3) is 0 Å². The van der Waals surface area contributed by atoms with E-state index in [0.717, 1.165) is 78.1 Å². The van der Waals surface area contributed by atoms with Crippen molar-refractivity contribution in [2.24, 2.45) is 0 Å². The number of fused-ring (bicyclic) bond motifs is 8. The first-order valence-corrected chi connectivity index (χ1v) is 25.2. The van der Waals surface area contributed by atoms with Gasteiger partial charge < -0.3 is 18.9 Å². The first kappa shape index (κ1) is 52.1. The van der Waals surface area contributed by atoms with Crippen molar-refractivity contribution in [3.8, 4) is 23.0 Å². The Hall–Kier alpha value is -5.70. The van der Waals surface area contributed by atoms with Crippen LogP contribution in [-0.2, 0) is 70.1 Å². The minimum atomic E-state index is -0.555. The standard InChI is InChI=1S/C60H68Cl2N2O6/c1-57(2,3)45-25-37-21-41-29-47(59(7,8)9)31-43(55(41)69-51(65)33-61)23-39-27-46(58(4,5)6)28-40(54(39)68-36-50-18-14-16-20-64-50)24-44-32-48(60(10,11)12)30-42(56(44)70-52(66)34-62)22-38(26-45)53(37)67-35-49-17-13-15-19-63-49/h13-20,25-32H,21-24,33-36H2,1-12H3. The second kappa shape index (κ2) is 20.9. The molecule has 0 radical (unpaired) electrons. The van der Waals surface area contributed by atoms with E-state index < -0.39 is 11.9 Å². The summed E-state index contributed by atoms with van der Waals surface area (Å²) in [6.07, 6.45) is 4.89. The molecule has 0 atom stereocenters. The molecular weight excluding hydrogens is 916 g/mol. The second-order valence-electron chi connectivity index (χ2n) is 22.6. The van der Waals surface area contributed by atoms with Gasteiger partial charge in [-0.3, -0.25) is 19.6 Å². The van der Waals surface area contributed by atoms with Crippen LogP contribution in [0.15, 0.2) is 97.3 Å². The highest BCUT2D eigenvalue weighted by Gasteiger charge is 2.30. The predicted molar refractivity (Wildman–Crippen MR) is 282 cm³/mol. The van der Waals surface area contributed by atoms with Crippen LogP contribution in [0.3, 0.4) is 0 Å². The molecule has 8 nitrogen and oxygen atoms in total. The van der Waals surface area contributed by atoms with Gasteiger partial charge in [0.1, 0.15) is 48.0 Å². The Morgan fingerprint density at radius 1 is 0.429 bits per heavy atom. The number of benzene rings is 4. The van der Waals surface area contributed by atoms with E-state index in [0.29, 0.717) is 48.7 Å². The van der Waals surface area contributed by atoms with Crippen LogP contribution >= 0.6 is 23.2 Å². The average molecular weight is 984 g/mol. The SMILES string of the molecule is CC(C)(C)c1cc2c(OCc3ccccn3)c(c1)Cc1cc(C(C)(C)C)cc(c1OC(=O)CCl)Cc1cc(C(C)(C)C)cc(c1OCc1ccccn1)Cc1cc(C(C)(C)C)cc(c1OC(=O)CCl)C2. The molecule has 8 bridgehead atoms. The summed E-state index contributed by atoms with van der Waals surface area (Å²) < 4.78 is 26.9. The van der Waals surface area contributed by atoms with Gasteiger partial charge in [-0.25, -0.2) is 0 Å². The molecule has 6 aromatic rings. The van der Waals surface area contributed by atoms with Crippen LogP contribution in [0.4, 0.5) is 0 Å². The smallest absolute Gasteiger partial charge is 0.326 e.